The lowest BCUT2D eigenvalue weighted by Gasteiger charge is -2.08. The number of hydrogen-bond acceptors (Lipinski definition) is 6. The minimum Gasteiger partial charge on any atom is -0.368 e. The van der Waals surface area contributed by atoms with Gasteiger partial charge in [0.2, 0.25) is 5.95 Å². The molecule has 11 heteroatoms. The topological polar surface area (TPSA) is 105 Å². The van der Waals surface area contributed by atoms with Crippen LogP contribution in [0.5, 0.6) is 0 Å². The van der Waals surface area contributed by atoms with Crippen LogP contribution in [0.15, 0.2) is 78.0 Å². The van der Waals surface area contributed by atoms with Crippen LogP contribution < -0.4 is 11.3 Å². The van der Waals surface area contributed by atoms with Crippen molar-refractivity contribution in [2.75, 3.05) is 5.73 Å². The Morgan fingerprint density at radius 1 is 0.971 bits per heavy atom. The van der Waals surface area contributed by atoms with Gasteiger partial charge >= 0.3 is 6.18 Å². The Balaban J connectivity index is 1.55. The fourth-order valence-corrected chi connectivity index (χ4v) is 3.59. The molecule has 0 spiro atoms. The molecule has 0 amide bonds. The predicted octanol–water partition coefficient (Wildman–Crippen LogP) is 3.69. The Kier molecular flexibility index (Phi) is 5.08. The van der Waals surface area contributed by atoms with Crippen molar-refractivity contribution in [1.29, 1.82) is 0 Å². The van der Waals surface area contributed by atoms with Crippen LogP contribution in [0.25, 0.3) is 28.0 Å². The number of anilines is 1. The highest BCUT2D eigenvalue weighted by Gasteiger charge is 2.30. The Labute approximate surface area is 190 Å². The number of nitrogens with zero attached hydrogens (tertiary/aromatic N) is 6. The molecular formula is C23H16F3N7O. The van der Waals surface area contributed by atoms with Crippen molar-refractivity contribution >= 4 is 17.0 Å². The first kappa shape index (κ1) is 21.3. The standard InChI is InChI=1S/C23H16F3N7O/c24-23(25,26)15-5-3-14(4-6-15)20-21-18(2-1-9-28-21)33(31-20)17-8-11-32(19(34)12-17)13-16-7-10-29-22(27)30-16/h1-12H,13H2,(H2,27,29,30). The molecule has 1 aromatic carbocycles. The summed E-state index contributed by atoms with van der Waals surface area (Å²) < 4.78 is 41.9. The van der Waals surface area contributed by atoms with E-state index in [0.29, 0.717) is 33.7 Å². The van der Waals surface area contributed by atoms with Crippen LogP contribution in [-0.2, 0) is 12.7 Å². The van der Waals surface area contributed by atoms with E-state index in [1.54, 1.807) is 41.3 Å². The number of pyridine rings is 2. The van der Waals surface area contributed by atoms with Crippen molar-refractivity contribution < 1.29 is 13.2 Å². The molecule has 0 fully saturated rings. The van der Waals surface area contributed by atoms with E-state index in [1.165, 1.54) is 29.0 Å². The van der Waals surface area contributed by atoms with Crippen molar-refractivity contribution in [1.82, 2.24) is 29.3 Å². The second kappa shape index (κ2) is 8.10. The number of nitrogens with two attached hydrogens (primary N) is 1. The zero-order valence-corrected chi connectivity index (χ0v) is 17.4. The van der Waals surface area contributed by atoms with Crippen molar-refractivity contribution in [2.45, 2.75) is 12.7 Å². The monoisotopic (exact) mass is 463 g/mol. The maximum atomic E-state index is 13.0. The molecule has 8 nitrogen and oxygen atoms in total. The van der Waals surface area contributed by atoms with E-state index in [0.717, 1.165) is 12.1 Å². The molecule has 34 heavy (non-hydrogen) atoms. The van der Waals surface area contributed by atoms with E-state index in [2.05, 4.69) is 20.1 Å². The van der Waals surface area contributed by atoms with Crippen LogP contribution in [0.4, 0.5) is 19.1 Å². The molecule has 5 aromatic rings. The van der Waals surface area contributed by atoms with Gasteiger partial charge in [0.25, 0.3) is 5.56 Å². The van der Waals surface area contributed by atoms with Gasteiger partial charge in [0, 0.05) is 30.2 Å². The number of benzene rings is 1. The summed E-state index contributed by atoms with van der Waals surface area (Å²) in [6, 6.07) is 13.0. The molecule has 0 aliphatic carbocycles. The molecule has 0 radical (unpaired) electrons. The highest BCUT2D eigenvalue weighted by atomic mass is 19.4. The second-order valence-electron chi connectivity index (χ2n) is 7.46. The lowest BCUT2D eigenvalue weighted by molar-refractivity contribution is -0.137. The highest BCUT2D eigenvalue weighted by Crippen LogP contribution is 2.33. The molecular weight excluding hydrogens is 447 g/mol. The Morgan fingerprint density at radius 3 is 2.47 bits per heavy atom. The summed E-state index contributed by atoms with van der Waals surface area (Å²) in [6.45, 7) is 0.212. The number of halogens is 3. The van der Waals surface area contributed by atoms with E-state index in [1.807, 2.05) is 0 Å². The smallest absolute Gasteiger partial charge is 0.368 e. The average Bonchev–Trinajstić information content (AvgIpc) is 3.20. The van der Waals surface area contributed by atoms with Gasteiger partial charge < -0.3 is 10.3 Å². The lowest BCUT2D eigenvalue weighted by atomic mass is 10.1. The highest BCUT2D eigenvalue weighted by molar-refractivity contribution is 5.90. The van der Waals surface area contributed by atoms with Gasteiger partial charge in [-0.05, 0) is 36.4 Å². The molecule has 0 aliphatic heterocycles. The summed E-state index contributed by atoms with van der Waals surface area (Å²) in [6.07, 6.45) is 0.271. The maximum absolute atomic E-state index is 13.0. The van der Waals surface area contributed by atoms with Crippen LogP contribution in [0, 0.1) is 0 Å². The van der Waals surface area contributed by atoms with Crippen molar-refractivity contribution in [3.8, 4) is 16.9 Å². The third kappa shape index (κ3) is 3.98. The fourth-order valence-electron chi connectivity index (χ4n) is 3.59. The van der Waals surface area contributed by atoms with Crippen molar-refractivity contribution in [3.63, 3.8) is 0 Å². The third-order valence-corrected chi connectivity index (χ3v) is 5.21. The minimum absolute atomic E-state index is 0.119. The molecule has 0 aliphatic rings. The Hall–Kier alpha value is -4.54. The predicted molar refractivity (Wildman–Crippen MR) is 119 cm³/mol. The SMILES string of the molecule is Nc1nccc(Cn2ccc(-n3nc(-c4ccc(C(F)(F)F)cc4)c4ncccc43)cc2=O)n1. The molecule has 170 valence electrons. The fraction of sp³-hybridized carbons (Fsp3) is 0.0870. The molecule has 4 aromatic heterocycles. The van der Waals surface area contributed by atoms with Gasteiger partial charge in [-0.15, -0.1) is 0 Å². The molecule has 5 rings (SSSR count). The molecule has 0 saturated heterocycles. The van der Waals surface area contributed by atoms with E-state index in [4.69, 9.17) is 5.73 Å². The summed E-state index contributed by atoms with van der Waals surface area (Å²) in [5, 5.41) is 4.58. The normalized spacial score (nSPS) is 11.7. The first-order valence-corrected chi connectivity index (χ1v) is 10.1. The van der Waals surface area contributed by atoms with Gasteiger partial charge in [-0.25, -0.2) is 14.6 Å². The summed E-state index contributed by atoms with van der Waals surface area (Å²) in [7, 11) is 0. The number of hydrogen-bond donors (Lipinski definition) is 1. The van der Waals surface area contributed by atoms with Gasteiger partial charge in [0.1, 0.15) is 11.2 Å². The number of alkyl halides is 3. The first-order valence-electron chi connectivity index (χ1n) is 10.1. The van der Waals surface area contributed by atoms with Gasteiger partial charge in [-0.3, -0.25) is 9.78 Å². The molecule has 2 N–H and O–H groups in total. The molecule has 0 bridgehead atoms. The average molecular weight is 463 g/mol. The summed E-state index contributed by atoms with van der Waals surface area (Å²) in [4.78, 5) is 25.1. The van der Waals surface area contributed by atoms with Crippen LogP contribution in [-0.4, -0.2) is 29.3 Å². The first-order chi connectivity index (χ1) is 16.3. The summed E-state index contributed by atoms with van der Waals surface area (Å²) in [5.41, 5.74) is 7.62. The third-order valence-electron chi connectivity index (χ3n) is 5.21. The van der Waals surface area contributed by atoms with Crippen LogP contribution >= 0.6 is 0 Å². The van der Waals surface area contributed by atoms with Gasteiger partial charge in [0.05, 0.1) is 29.0 Å². The van der Waals surface area contributed by atoms with Gasteiger partial charge in [-0.2, -0.15) is 18.3 Å². The lowest BCUT2D eigenvalue weighted by Crippen LogP contribution is -2.21. The number of aromatic nitrogens is 6. The maximum Gasteiger partial charge on any atom is 0.416 e. The van der Waals surface area contributed by atoms with Crippen LogP contribution in [0.1, 0.15) is 11.3 Å². The Morgan fingerprint density at radius 2 is 1.76 bits per heavy atom. The van der Waals surface area contributed by atoms with E-state index >= 15 is 0 Å². The minimum atomic E-state index is -4.43. The van der Waals surface area contributed by atoms with E-state index < -0.39 is 11.7 Å². The zero-order valence-electron chi connectivity index (χ0n) is 17.4. The van der Waals surface area contributed by atoms with Gasteiger partial charge in [0.15, 0.2) is 0 Å². The quantitative estimate of drug-likeness (QED) is 0.436. The number of fused-ring (bicyclic) bond motifs is 1. The molecule has 4 heterocycles. The van der Waals surface area contributed by atoms with Crippen molar-refractivity contribution in [3.05, 3.63) is 94.8 Å². The van der Waals surface area contributed by atoms with Crippen LogP contribution in [0.3, 0.4) is 0 Å². The molecule has 0 unspecified atom stereocenters. The largest absolute Gasteiger partial charge is 0.416 e. The molecule has 0 atom stereocenters. The van der Waals surface area contributed by atoms with Gasteiger partial charge in [-0.1, -0.05) is 12.1 Å². The molecule has 0 saturated carbocycles. The Bertz CT molecular complexity index is 1560. The van der Waals surface area contributed by atoms with Crippen molar-refractivity contribution in [2.24, 2.45) is 0 Å². The summed E-state index contributed by atoms with van der Waals surface area (Å²) >= 11 is 0. The second-order valence-corrected chi connectivity index (χ2v) is 7.46. The number of rotatable bonds is 4. The zero-order chi connectivity index (χ0) is 23.9. The number of nitrogen functional groups attached to an aromatic ring is 1. The van der Waals surface area contributed by atoms with E-state index in [-0.39, 0.29) is 18.1 Å². The van der Waals surface area contributed by atoms with Crippen LogP contribution in [0.2, 0.25) is 0 Å². The van der Waals surface area contributed by atoms with E-state index in [9.17, 15) is 18.0 Å². The summed E-state index contributed by atoms with van der Waals surface area (Å²) in [5.74, 6) is 0.119.